The molecule has 2 aromatic carbocycles. The van der Waals surface area contributed by atoms with Gasteiger partial charge in [0.1, 0.15) is 0 Å². The normalized spacial score (nSPS) is 10.1. The van der Waals surface area contributed by atoms with Crippen LogP contribution in [0.5, 0.6) is 0 Å². The van der Waals surface area contributed by atoms with Gasteiger partial charge in [-0.2, -0.15) is 0 Å². The molecule has 0 atom stereocenters. The molecule has 1 amide bonds. The lowest BCUT2D eigenvalue weighted by Gasteiger charge is -2.21. The molecule has 0 fully saturated rings. The van der Waals surface area contributed by atoms with Crippen LogP contribution in [0.1, 0.15) is 10.4 Å². The summed E-state index contributed by atoms with van der Waals surface area (Å²) in [7, 11) is 0. The first-order valence-electron chi connectivity index (χ1n) is 5.86. The van der Waals surface area contributed by atoms with Crippen LogP contribution in [-0.4, -0.2) is 24.2 Å². The molecule has 1 N–H and O–H groups in total. The highest BCUT2D eigenvalue weighted by molar-refractivity contribution is 6.06. The number of carbonyl (C=O) groups excluding carboxylic acids is 1. The molecule has 3 nitrogen and oxygen atoms in total. The molecule has 0 saturated carbocycles. The fraction of sp³-hybridized carbons (Fsp3) is 0.133. The molecule has 18 heavy (non-hydrogen) atoms. The Morgan fingerprint density at radius 1 is 0.944 bits per heavy atom. The number of benzene rings is 2. The Morgan fingerprint density at radius 3 is 2.06 bits per heavy atom. The fourth-order valence-corrected chi connectivity index (χ4v) is 1.79. The van der Waals surface area contributed by atoms with E-state index in [0.717, 1.165) is 5.69 Å². The quantitative estimate of drug-likeness (QED) is 0.892. The Balaban J connectivity index is 2.29. The Bertz CT molecular complexity index is 496. The first-order chi connectivity index (χ1) is 8.83. The van der Waals surface area contributed by atoms with Crippen LogP contribution in [0.25, 0.3) is 0 Å². The van der Waals surface area contributed by atoms with Crippen molar-refractivity contribution in [2.75, 3.05) is 18.1 Å². The van der Waals surface area contributed by atoms with Gasteiger partial charge in [-0.1, -0.05) is 36.4 Å². The van der Waals surface area contributed by atoms with E-state index in [-0.39, 0.29) is 19.1 Å². The van der Waals surface area contributed by atoms with Gasteiger partial charge >= 0.3 is 0 Å². The largest absolute Gasteiger partial charge is 0.395 e. The second-order valence-electron chi connectivity index (χ2n) is 3.88. The van der Waals surface area contributed by atoms with Crippen LogP contribution >= 0.6 is 0 Å². The van der Waals surface area contributed by atoms with Crippen LogP contribution in [0.4, 0.5) is 5.69 Å². The predicted molar refractivity (Wildman–Crippen MR) is 71.6 cm³/mol. The number of anilines is 1. The van der Waals surface area contributed by atoms with Gasteiger partial charge in [0.15, 0.2) is 0 Å². The number of hydrogen-bond donors (Lipinski definition) is 1. The van der Waals surface area contributed by atoms with Gasteiger partial charge in [-0.05, 0) is 24.3 Å². The second kappa shape index (κ2) is 5.98. The molecule has 2 rings (SSSR count). The Kier molecular flexibility index (Phi) is 4.10. The molecule has 0 heterocycles. The maximum Gasteiger partial charge on any atom is 0.258 e. The van der Waals surface area contributed by atoms with Crippen LogP contribution in [0.2, 0.25) is 0 Å². The zero-order valence-corrected chi connectivity index (χ0v) is 9.99. The Labute approximate surface area is 106 Å². The van der Waals surface area contributed by atoms with Crippen molar-refractivity contribution in [1.29, 1.82) is 0 Å². The summed E-state index contributed by atoms with van der Waals surface area (Å²) in [5, 5.41) is 9.10. The molecule has 0 unspecified atom stereocenters. The van der Waals surface area contributed by atoms with E-state index in [1.54, 1.807) is 17.0 Å². The van der Waals surface area contributed by atoms with E-state index in [0.29, 0.717) is 5.56 Å². The molecule has 0 saturated heterocycles. The fourth-order valence-electron chi connectivity index (χ4n) is 1.79. The molecule has 0 radical (unpaired) electrons. The first-order valence-corrected chi connectivity index (χ1v) is 5.86. The molecule has 0 spiro atoms. The molecule has 0 aliphatic rings. The lowest BCUT2D eigenvalue weighted by Crippen LogP contribution is -2.33. The third-order valence-electron chi connectivity index (χ3n) is 2.66. The zero-order valence-electron chi connectivity index (χ0n) is 9.99. The highest BCUT2D eigenvalue weighted by Gasteiger charge is 2.16. The minimum absolute atomic E-state index is 0.0620. The van der Waals surface area contributed by atoms with E-state index in [1.807, 2.05) is 48.5 Å². The lowest BCUT2D eigenvalue weighted by molar-refractivity contribution is 0.0981. The van der Waals surface area contributed by atoms with Gasteiger partial charge in [-0.3, -0.25) is 4.79 Å². The van der Waals surface area contributed by atoms with Crippen LogP contribution in [0.15, 0.2) is 60.7 Å². The van der Waals surface area contributed by atoms with E-state index in [9.17, 15) is 4.79 Å². The molecular weight excluding hydrogens is 226 g/mol. The minimum atomic E-state index is -0.101. The van der Waals surface area contributed by atoms with Crippen molar-refractivity contribution in [2.45, 2.75) is 0 Å². The van der Waals surface area contributed by atoms with Crippen molar-refractivity contribution in [3.05, 3.63) is 66.2 Å². The predicted octanol–water partition coefficient (Wildman–Crippen LogP) is 2.33. The van der Waals surface area contributed by atoms with Gasteiger partial charge in [0.05, 0.1) is 6.61 Å². The van der Waals surface area contributed by atoms with Crippen molar-refractivity contribution >= 4 is 11.6 Å². The summed E-state index contributed by atoms with van der Waals surface area (Å²) in [6.07, 6.45) is 0. The highest BCUT2D eigenvalue weighted by atomic mass is 16.3. The van der Waals surface area contributed by atoms with Crippen LogP contribution in [-0.2, 0) is 0 Å². The molecule has 0 aliphatic heterocycles. The van der Waals surface area contributed by atoms with Crippen LogP contribution < -0.4 is 4.90 Å². The molecular formula is C15H15NO2. The number of aliphatic hydroxyl groups excluding tert-OH is 1. The number of nitrogens with zero attached hydrogens (tertiary/aromatic N) is 1. The average Bonchev–Trinajstić information content (AvgIpc) is 2.46. The van der Waals surface area contributed by atoms with Crippen molar-refractivity contribution in [1.82, 2.24) is 0 Å². The van der Waals surface area contributed by atoms with Crippen molar-refractivity contribution in [2.24, 2.45) is 0 Å². The molecule has 0 bridgehead atoms. The summed E-state index contributed by atoms with van der Waals surface area (Å²) in [4.78, 5) is 13.9. The van der Waals surface area contributed by atoms with E-state index in [2.05, 4.69) is 0 Å². The number of hydrogen-bond acceptors (Lipinski definition) is 2. The molecule has 0 aliphatic carbocycles. The summed E-state index contributed by atoms with van der Waals surface area (Å²) in [6, 6.07) is 18.4. The Hall–Kier alpha value is -2.13. The van der Waals surface area contributed by atoms with E-state index >= 15 is 0 Å². The van der Waals surface area contributed by atoms with Crippen molar-refractivity contribution in [3.63, 3.8) is 0 Å². The van der Waals surface area contributed by atoms with E-state index in [1.165, 1.54) is 0 Å². The summed E-state index contributed by atoms with van der Waals surface area (Å²) in [6.45, 7) is 0.227. The van der Waals surface area contributed by atoms with Crippen molar-refractivity contribution < 1.29 is 9.90 Å². The number of aliphatic hydroxyl groups is 1. The van der Waals surface area contributed by atoms with Gasteiger partial charge in [-0.25, -0.2) is 0 Å². The lowest BCUT2D eigenvalue weighted by atomic mass is 10.2. The standard InChI is InChI=1S/C15H15NO2/c17-12-11-16(14-9-5-2-6-10-14)15(18)13-7-3-1-4-8-13/h1-10,17H,11-12H2. The van der Waals surface area contributed by atoms with Gasteiger partial charge in [0.2, 0.25) is 0 Å². The maximum absolute atomic E-state index is 12.4. The summed E-state index contributed by atoms with van der Waals surface area (Å²) in [5.74, 6) is -0.101. The molecule has 3 heteroatoms. The van der Waals surface area contributed by atoms with Crippen molar-refractivity contribution in [3.8, 4) is 0 Å². The smallest absolute Gasteiger partial charge is 0.258 e. The summed E-state index contributed by atoms with van der Waals surface area (Å²) < 4.78 is 0. The van der Waals surface area contributed by atoms with E-state index in [4.69, 9.17) is 5.11 Å². The topological polar surface area (TPSA) is 40.5 Å². The van der Waals surface area contributed by atoms with Crippen LogP contribution in [0, 0.1) is 0 Å². The summed E-state index contributed by atoms with van der Waals surface area (Å²) in [5.41, 5.74) is 1.41. The third kappa shape index (κ3) is 2.76. The zero-order chi connectivity index (χ0) is 12.8. The number of rotatable bonds is 4. The second-order valence-corrected chi connectivity index (χ2v) is 3.88. The average molecular weight is 241 g/mol. The SMILES string of the molecule is O=C(c1ccccc1)N(CCO)c1ccccc1. The minimum Gasteiger partial charge on any atom is -0.395 e. The highest BCUT2D eigenvalue weighted by Crippen LogP contribution is 2.16. The number of amides is 1. The maximum atomic E-state index is 12.4. The third-order valence-corrected chi connectivity index (χ3v) is 2.66. The summed E-state index contributed by atoms with van der Waals surface area (Å²) >= 11 is 0. The monoisotopic (exact) mass is 241 g/mol. The van der Waals surface area contributed by atoms with Gasteiger partial charge < -0.3 is 10.0 Å². The molecule has 92 valence electrons. The molecule has 0 aromatic heterocycles. The van der Waals surface area contributed by atoms with Gasteiger partial charge in [-0.15, -0.1) is 0 Å². The first kappa shape index (κ1) is 12.3. The van der Waals surface area contributed by atoms with Crippen LogP contribution in [0.3, 0.4) is 0 Å². The van der Waals surface area contributed by atoms with E-state index < -0.39 is 0 Å². The van der Waals surface area contributed by atoms with Gasteiger partial charge in [0.25, 0.3) is 5.91 Å². The number of carbonyl (C=O) groups is 1. The Morgan fingerprint density at radius 2 is 1.50 bits per heavy atom. The number of para-hydroxylation sites is 1. The van der Waals surface area contributed by atoms with Gasteiger partial charge in [0, 0.05) is 17.8 Å². The molecule has 2 aromatic rings.